The maximum Gasteiger partial charge on any atom is 0.225 e. The molecule has 0 unspecified atom stereocenters. The van der Waals surface area contributed by atoms with Gasteiger partial charge in [0.1, 0.15) is 0 Å². The van der Waals surface area contributed by atoms with Gasteiger partial charge in [-0.05, 0) is 31.1 Å². The van der Waals surface area contributed by atoms with Crippen LogP contribution < -0.4 is 4.90 Å². The lowest BCUT2D eigenvalue weighted by Crippen LogP contribution is -2.34. The largest absolute Gasteiger partial charge is 0.341 e. The molecule has 2 aliphatic rings. The second-order valence-electron chi connectivity index (χ2n) is 5.31. The van der Waals surface area contributed by atoms with Crippen LogP contribution in [0.25, 0.3) is 0 Å². The van der Waals surface area contributed by atoms with Gasteiger partial charge < -0.3 is 4.90 Å². The molecule has 2 heterocycles. The highest BCUT2D eigenvalue weighted by molar-refractivity contribution is 6.30. The third kappa shape index (κ3) is 2.89. The van der Waals surface area contributed by atoms with Crippen LogP contribution in [0.3, 0.4) is 0 Å². The van der Waals surface area contributed by atoms with Gasteiger partial charge in [-0.15, -0.1) is 0 Å². The van der Waals surface area contributed by atoms with Gasteiger partial charge in [0.25, 0.3) is 0 Å². The summed E-state index contributed by atoms with van der Waals surface area (Å²) in [6.45, 7) is 2.19. The molecule has 0 amide bonds. The quantitative estimate of drug-likeness (QED) is 0.827. The summed E-state index contributed by atoms with van der Waals surface area (Å²) in [7, 11) is 0. The van der Waals surface area contributed by atoms with Gasteiger partial charge >= 0.3 is 0 Å². The summed E-state index contributed by atoms with van der Waals surface area (Å²) in [6, 6.07) is 0. The van der Waals surface area contributed by atoms with Crippen molar-refractivity contribution in [3.8, 4) is 0 Å². The van der Waals surface area contributed by atoms with E-state index in [2.05, 4.69) is 14.9 Å². The van der Waals surface area contributed by atoms with Crippen LogP contribution >= 0.6 is 11.6 Å². The zero-order valence-corrected chi connectivity index (χ0v) is 10.7. The molecular formula is C13H18ClN3. The molecule has 1 aromatic heterocycles. The highest BCUT2D eigenvalue weighted by Crippen LogP contribution is 2.38. The van der Waals surface area contributed by atoms with Crippen LogP contribution in [0.2, 0.25) is 5.02 Å². The molecule has 0 bridgehead atoms. The fourth-order valence-corrected chi connectivity index (χ4v) is 2.76. The second-order valence-corrected chi connectivity index (χ2v) is 5.75. The fraction of sp³-hybridized carbons (Fsp3) is 0.692. The van der Waals surface area contributed by atoms with Crippen molar-refractivity contribution in [1.82, 2.24) is 9.97 Å². The van der Waals surface area contributed by atoms with E-state index in [9.17, 15) is 0 Å². The summed E-state index contributed by atoms with van der Waals surface area (Å²) < 4.78 is 0. The van der Waals surface area contributed by atoms with Crippen LogP contribution in [0, 0.1) is 11.8 Å². The van der Waals surface area contributed by atoms with Crippen molar-refractivity contribution >= 4 is 17.5 Å². The summed E-state index contributed by atoms with van der Waals surface area (Å²) in [5, 5.41) is 0.609. The smallest absolute Gasteiger partial charge is 0.225 e. The third-order valence-corrected chi connectivity index (χ3v) is 4.06. The minimum absolute atomic E-state index is 0.609. The number of piperidine rings is 1. The molecule has 1 aromatic rings. The van der Waals surface area contributed by atoms with Crippen molar-refractivity contribution in [3.63, 3.8) is 0 Å². The van der Waals surface area contributed by atoms with Crippen molar-refractivity contribution in [1.29, 1.82) is 0 Å². The Balaban J connectivity index is 1.54. The van der Waals surface area contributed by atoms with E-state index in [0.717, 1.165) is 30.9 Å². The van der Waals surface area contributed by atoms with Gasteiger partial charge in [0.05, 0.1) is 17.4 Å². The molecule has 92 valence electrons. The van der Waals surface area contributed by atoms with Crippen molar-refractivity contribution in [2.45, 2.75) is 32.1 Å². The topological polar surface area (TPSA) is 29.0 Å². The van der Waals surface area contributed by atoms with Crippen LogP contribution in [0.15, 0.2) is 12.4 Å². The van der Waals surface area contributed by atoms with Crippen molar-refractivity contribution in [2.24, 2.45) is 11.8 Å². The molecule has 1 aliphatic carbocycles. The van der Waals surface area contributed by atoms with Gasteiger partial charge in [-0.1, -0.05) is 24.4 Å². The maximum absolute atomic E-state index is 5.79. The minimum atomic E-state index is 0.609. The molecule has 0 atom stereocenters. The molecule has 0 aromatic carbocycles. The Morgan fingerprint density at radius 2 is 1.65 bits per heavy atom. The van der Waals surface area contributed by atoms with Crippen LogP contribution in [0.5, 0.6) is 0 Å². The molecule has 0 spiro atoms. The molecule has 2 fully saturated rings. The average Bonchev–Trinajstić information content (AvgIpc) is 3.15. The van der Waals surface area contributed by atoms with E-state index >= 15 is 0 Å². The van der Waals surface area contributed by atoms with E-state index < -0.39 is 0 Å². The lowest BCUT2D eigenvalue weighted by molar-refractivity contribution is 0.362. The lowest BCUT2D eigenvalue weighted by Gasteiger charge is -2.32. The monoisotopic (exact) mass is 251 g/mol. The lowest BCUT2D eigenvalue weighted by atomic mass is 9.92. The first-order valence-corrected chi connectivity index (χ1v) is 6.91. The Bertz CT molecular complexity index is 367. The number of hydrogen-bond acceptors (Lipinski definition) is 3. The summed E-state index contributed by atoms with van der Waals surface area (Å²) >= 11 is 5.79. The normalized spacial score (nSPS) is 21.8. The standard InChI is InChI=1S/C13H18ClN3/c14-12-8-15-13(16-9-12)17-5-3-11(4-6-17)7-10-1-2-10/h8-11H,1-7H2. The number of hydrogen-bond donors (Lipinski definition) is 0. The highest BCUT2D eigenvalue weighted by atomic mass is 35.5. The molecule has 3 nitrogen and oxygen atoms in total. The van der Waals surface area contributed by atoms with Gasteiger partial charge in [0.2, 0.25) is 5.95 Å². The summed E-state index contributed by atoms with van der Waals surface area (Å²) in [5.41, 5.74) is 0. The van der Waals surface area contributed by atoms with Crippen molar-refractivity contribution < 1.29 is 0 Å². The fourth-order valence-electron chi connectivity index (χ4n) is 2.66. The molecule has 1 aliphatic heterocycles. The van der Waals surface area contributed by atoms with E-state index in [1.807, 2.05) is 0 Å². The third-order valence-electron chi connectivity index (χ3n) is 3.87. The number of nitrogens with zero attached hydrogens (tertiary/aromatic N) is 3. The first-order valence-electron chi connectivity index (χ1n) is 6.54. The van der Waals surface area contributed by atoms with E-state index in [4.69, 9.17) is 11.6 Å². The van der Waals surface area contributed by atoms with Crippen LogP contribution in [0.4, 0.5) is 5.95 Å². The average molecular weight is 252 g/mol. The van der Waals surface area contributed by atoms with Crippen LogP contribution in [-0.4, -0.2) is 23.1 Å². The molecular weight excluding hydrogens is 234 g/mol. The Hall–Kier alpha value is -0.830. The second kappa shape index (κ2) is 4.81. The Labute approximate surface area is 107 Å². The maximum atomic E-state index is 5.79. The van der Waals surface area contributed by atoms with Crippen molar-refractivity contribution in [2.75, 3.05) is 18.0 Å². The highest BCUT2D eigenvalue weighted by Gasteiger charge is 2.28. The van der Waals surface area contributed by atoms with Crippen molar-refractivity contribution in [3.05, 3.63) is 17.4 Å². The van der Waals surface area contributed by atoms with E-state index in [1.54, 1.807) is 12.4 Å². The SMILES string of the molecule is Clc1cnc(N2CCC(CC3CC3)CC2)nc1. The van der Waals surface area contributed by atoms with Crippen LogP contribution in [0.1, 0.15) is 32.1 Å². The molecule has 0 radical (unpaired) electrons. The minimum Gasteiger partial charge on any atom is -0.341 e. The summed E-state index contributed by atoms with van der Waals surface area (Å²) in [4.78, 5) is 10.8. The van der Waals surface area contributed by atoms with Gasteiger partial charge in [-0.3, -0.25) is 0 Å². The Morgan fingerprint density at radius 1 is 1.06 bits per heavy atom. The molecule has 3 rings (SSSR count). The van der Waals surface area contributed by atoms with E-state index in [-0.39, 0.29) is 0 Å². The first-order chi connectivity index (χ1) is 8.31. The van der Waals surface area contributed by atoms with Gasteiger partial charge in [0, 0.05) is 13.1 Å². The summed E-state index contributed by atoms with van der Waals surface area (Å²) in [5.74, 6) is 2.82. The number of rotatable bonds is 3. The first kappa shape index (κ1) is 11.3. The van der Waals surface area contributed by atoms with Gasteiger partial charge in [-0.2, -0.15) is 0 Å². The zero-order chi connectivity index (χ0) is 11.7. The predicted octanol–water partition coefficient (Wildman–Crippen LogP) is 3.15. The molecule has 4 heteroatoms. The Morgan fingerprint density at radius 3 is 2.24 bits per heavy atom. The van der Waals surface area contributed by atoms with E-state index in [0.29, 0.717) is 5.02 Å². The summed E-state index contributed by atoms with van der Waals surface area (Å²) in [6.07, 6.45) is 10.3. The number of anilines is 1. The Kier molecular flexibility index (Phi) is 3.19. The number of aromatic nitrogens is 2. The number of halogens is 1. The van der Waals surface area contributed by atoms with Gasteiger partial charge in [0.15, 0.2) is 0 Å². The van der Waals surface area contributed by atoms with E-state index in [1.165, 1.54) is 32.1 Å². The predicted molar refractivity (Wildman–Crippen MR) is 69.3 cm³/mol. The molecule has 17 heavy (non-hydrogen) atoms. The van der Waals surface area contributed by atoms with Crippen LogP contribution in [-0.2, 0) is 0 Å². The molecule has 0 N–H and O–H groups in total. The molecule has 1 saturated heterocycles. The van der Waals surface area contributed by atoms with Gasteiger partial charge in [-0.25, -0.2) is 9.97 Å². The zero-order valence-electron chi connectivity index (χ0n) is 9.98. The molecule has 1 saturated carbocycles.